The van der Waals surface area contributed by atoms with Gasteiger partial charge in [-0.3, -0.25) is 9.59 Å². The van der Waals surface area contributed by atoms with E-state index in [0.29, 0.717) is 0 Å². The van der Waals surface area contributed by atoms with Gasteiger partial charge < -0.3 is 10.0 Å². The van der Waals surface area contributed by atoms with E-state index in [0.717, 1.165) is 6.08 Å². The molecule has 0 radical (unpaired) electrons. The number of hydrogen-bond acceptors (Lipinski definition) is 2. The van der Waals surface area contributed by atoms with E-state index in [1.54, 1.807) is 13.8 Å². The third-order valence-electron chi connectivity index (χ3n) is 4.24. The molecule has 4 nitrogen and oxygen atoms in total. The molecule has 2 rings (SSSR count). The van der Waals surface area contributed by atoms with E-state index in [-0.39, 0.29) is 25.4 Å². The lowest BCUT2D eigenvalue weighted by atomic mass is 10.1. The quantitative estimate of drug-likeness (QED) is 0.792. The number of carboxylic acid groups (broad SMARTS) is 1. The first-order valence-corrected chi connectivity index (χ1v) is 6.34. The monoisotopic (exact) mass is 291 g/mol. The molecule has 20 heavy (non-hydrogen) atoms. The maximum atomic E-state index is 12.5. The maximum absolute atomic E-state index is 12.5. The molecule has 1 amide bonds. The average Bonchev–Trinajstić information content (AvgIpc) is 2.90. The molecule has 1 N–H and O–H groups in total. The van der Waals surface area contributed by atoms with Gasteiger partial charge in [0, 0.05) is 18.7 Å². The summed E-state index contributed by atoms with van der Waals surface area (Å²) < 4.78 is 37.4. The van der Waals surface area contributed by atoms with E-state index >= 15 is 0 Å². The largest absolute Gasteiger partial charge is 0.481 e. The predicted molar refractivity (Wildman–Crippen MR) is 63.7 cm³/mol. The second-order valence-electron chi connectivity index (χ2n) is 5.88. The summed E-state index contributed by atoms with van der Waals surface area (Å²) in [4.78, 5) is 24.5. The third-order valence-corrected chi connectivity index (χ3v) is 4.24. The number of carbonyl (C=O) groups excluding carboxylic acids is 1. The van der Waals surface area contributed by atoms with E-state index in [1.165, 1.54) is 4.90 Å². The Hall–Kier alpha value is -1.53. The molecule has 0 spiro atoms. The maximum Gasteiger partial charge on any atom is 0.412 e. The highest BCUT2D eigenvalue weighted by Crippen LogP contribution is 2.59. The van der Waals surface area contributed by atoms with Crippen molar-refractivity contribution < 1.29 is 27.9 Å². The Morgan fingerprint density at radius 1 is 1.35 bits per heavy atom. The third kappa shape index (κ3) is 2.41. The molecule has 7 heteroatoms. The molecule has 1 aliphatic carbocycles. The van der Waals surface area contributed by atoms with Crippen LogP contribution in [0.3, 0.4) is 0 Å². The van der Waals surface area contributed by atoms with E-state index < -0.39 is 35.0 Å². The van der Waals surface area contributed by atoms with Crippen molar-refractivity contribution in [3.8, 4) is 0 Å². The Bertz CT molecular complexity index is 482. The van der Waals surface area contributed by atoms with Crippen molar-refractivity contribution in [2.75, 3.05) is 13.1 Å². The number of carboxylic acids is 1. The van der Waals surface area contributed by atoms with Crippen LogP contribution in [-0.4, -0.2) is 41.1 Å². The Morgan fingerprint density at radius 2 is 1.95 bits per heavy atom. The van der Waals surface area contributed by atoms with Crippen molar-refractivity contribution in [3.05, 3.63) is 11.6 Å². The Morgan fingerprint density at radius 3 is 2.30 bits per heavy atom. The zero-order valence-corrected chi connectivity index (χ0v) is 11.2. The van der Waals surface area contributed by atoms with Gasteiger partial charge in [-0.2, -0.15) is 13.2 Å². The number of hydrogen-bond donors (Lipinski definition) is 1. The highest BCUT2D eigenvalue weighted by atomic mass is 19.4. The van der Waals surface area contributed by atoms with Gasteiger partial charge in [-0.1, -0.05) is 19.9 Å². The van der Waals surface area contributed by atoms with Crippen LogP contribution in [0.4, 0.5) is 13.2 Å². The first kappa shape index (κ1) is 14.9. The number of carbonyl (C=O) groups is 2. The fourth-order valence-electron chi connectivity index (χ4n) is 2.88. The van der Waals surface area contributed by atoms with Crippen LogP contribution < -0.4 is 0 Å². The van der Waals surface area contributed by atoms with Crippen LogP contribution in [0.1, 0.15) is 20.3 Å². The molecular formula is C13H16F3NO3. The summed E-state index contributed by atoms with van der Waals surface area (Å²) in [6.45, 7) is 3.26. The molecule has 2 atom stereocenters. The number of halogens is 3. The lowest BCUT2D eigenvalue weighted by molar-refractivity contribution is -0.142. The summed E-state index contributed by atoms with van der Waals surface area (Å²) in [7, 11) is 0. The Labute approximate surface area is 114 Å². The van der Waals surface area contributed by atoms with Crippen LogP contribution in [0.15, 0.2) is 11.6 Å². The van der Waals surface area contributed by atoms with Gasteiger partial charge in [0.2, 0.25) is 5.91 Å². The van der Waals surface area contributed by atoms with Gasteiger partial charge in [-0.05, 0) is 11.8 Å². The minimum absolute atomic E-state index is 0.0108. The Balaban J connectivity index is 2.04. The van der Waals surface area contributed by atoms with E-state index in [1.807, 2.05) is 0 Å². The number of rotatable bonds is 2. The molecule has 1 saturated carbocycles. The fourth-order valence-corrected chi connectivity index (χ4v) is 2.88. The molecule has 0 aromatic carbocycles. The summed E-state index contributed by atoms with van der Waals surface area (Å²) in [5.74, 6) is -2.78. The minimum Gasteiger partial charge on any atom is -0.481 e. The van der Waals surface area contributed by atoms with Gasteiger partial charge in [0.1, 0.15) is 0 Å². The highest BCUT2D eigenvalue weighted by Gasteiger charge is 2.66. The molecule has 0 unspecified atom stereocenters. The minimum atomic E-state index is -4.35. The lowest BCUT2D eigenvalue weighted by Crippen LogP contribution is -2.38. The van der Waals surface area contributed by atoms with Crippen molar-refractivity contribution in [1.82, 2.24) is 4.90 Å². The topological polar surface area (TPSA) is 57.6 Å². The lowest BCUT2D eigenvalue weighted by Gasteiger charge is -2.27. The van der Waals surface area contributed by atoms with Crippen molar-refractivity contribution in [2.24, 2.45) is 17.3 Å². The zero-order chi connectivity index (χ0) is 15.3. The van der Waals surface area contributed by atoms with Crippen LogP contribution in [0.2, 0.25) is 0 Å². The van der Waals surface area contributed by atoms with Gasteiger partial charge >= 0.3 is 12.1 Å². The Kier molecular flexibility index (Phi) is 3.34. The number of aliphatic carboxylic acids is 1. The zero-order valence-electron chi connectivity index (χ0n) is 11.2. The van der Waals surface area contributed by atoms with Crippen molar-refractivity contribution in [3.63, 3.8) is 0 Å². The molecule has 0 saturated heterocycles. The molecule has 1 aliphatic heterocycles. The molecule has 1 heterocycles. The van der Waals surface area contributed by atoms with E-state index in [2.05, 4.69) is 0 Å². The fraction of sp³-hybridized carbons (Fsp3) is 0.692. The smallest absolute Gasteiger partial charge is 0.412 e. The normalized spacial score (nSPS) is 28.9. The second-order valence-corrected chi connectivity index (χ2v) is 5.88. The summed E-state index contributed by atoms with van der Waals surface area (Å²) in [5.41, 5.74) is -1.25. The van der Waals surface area contributed by atoms with Crippen LogP contribution in [0.25, 0.3) is 0 Å². The van der Waals surface area contributed by atoms with Crippen molar-refractivity contribution in [2.45, 2.75) is 26.4 Å². The predicted octanol–water partition coefficient (Wildman–Crippen LogP) is 2.06. The van der Waals surface area contributed by atoms with Crippen molar-refractivity contribution >= 4 is 11.9 Å². The molecule has 2 aliphatic rings. The standard InChI is InChI=1S/C13H16F3NO3/c1-12(2)8(9(12)11(19)20)10(18)17-5-3-7(4-6-17)13(14,15)16/h3,8-9H,4-6H2,1-2H3,(H,19,20)/t8-,9+/m1/s1. The summed E-state index contributed by atoms with van der Waals surface area (Å²) in [6.07, 6.45) is -3.58. The SMILES string of the molecule is CC1(C)[C@H](C(=O)O)[C@@H]1C(=O)N1CC=C(C(F)(F)F)CC1. The molecule has 0 bridgehead atoms. The van der Waals surface area contributed by atoms with Gasteiger partial charge in [0.25, 0.3) is 0 Å². The van der Waals surface area contributed by atoms with Crippen LogP contribution in [0.5, 0.6) is 0 Å². The van der Waals surface area contributed by atoms with E-state index in [9.17, 15) is 22.8 Å². The first-order valence-electron chi connectivity index (χ1n) is 6.34. The molecule has 112 valence electrons. The highest BCUT2D eigenvalue weighted by molar-refractivity contribution is 5.91. The average molecular weight is 291 g/mol. The number of amides is 1. The molecule has 1 fully saturated rings. The number of alkyl halides is 3. The molecular weight excluding hydrogens is 275 g/mol. The molecule has 0 aromatic heterocycles. The van der Waals surface area contributed by atoms with E-state index in [4.69, 9.17) is 5.11 Å². The second kappa shape index (κ2) is 4.49. The van der Waals surface area contributed by atoms with Crippen molar-refractivity contribution in [1.29, 1.82) is 0 Å². The number of nitrogens with zero attached hydrogens (tertiary/aromatic N) is 1. The first-order chi connectivity index (χ1) is 9.06. The van der Waals surface area contributed by atoms with Crippen LogP contribution in [-0.2, 0) is 9.59 Å². The summed E-state index contributed by atoms with van der Waals surface area (Å²) in [5, 5.41) is 9.02. The van der Waals surface area contributed by atoms with Gasteiger partial charge in [0.15, 0.2) is 0 Å². The van der Waals surface area contributed by atoms with Crippen LogP contribution in [0, 0.1) is 17.3 Å². The summed E-state index contributed by atoms with van der Waals surface area (Å²) in [6, 6.07) is 0. The van der Waals surface area contributed by atoms with Gasteiger partial charge in [0.05, 0.1) is 11.8 Å². The van der Waals surface area contributed by atoms with Gasteiger partial charge in [-0.25, -0.2) is 0 Å². The summed E-state index contributed by atoms with van der Waals surface area (Å²) >= 11 is 0. The van der Waals surface area contributed by atoms with Crippen LogP contribution >= 0.6 is 0 Å². The molecule has 0 aromatic rings. The van der Waals surface area contributed by atoms with Gasteiger partial charge in [-0.15, -0.1) is 0 Å².